The molecule has 8 atom stereocenters. The maximum Gasteiger partial charge on any atom is 0.306 e. The van der Waals surface area contributed by atoms with E-state index < -0.39 is 0 Å². The molecular formula is C45H78O3. The zero-order chi connectivity index (χ0) is 34.8. The molecule has 0 N–H and O–H groups in total. The van der Waals surface area contributed by atoms with Crippen molar-refractivity contribution in [3.8, 4) is 0 Å². The van der Waals surface area contributed by atoms with Gasteiger partial charge in [-0.1, -0.05) is 156 Å². The summed E-state index contributed by atoms with van der Waals surface area (Å²) in [7, 11) is 0. The zero-order valence-electron chi connectivity index (χ0n) is 32.9. The number of hydrogen-bond acceptors (Lipinski definition) is 3. The van der Waals surface area contributed by atoms with Gasteiger partial charge in [-0.15, -0.1) is 0 Å². The minimum atomic E-state index is -0.266. The van der Waals surface area contributed by atoms with Crippen LogP contribution in [0.15, 0.2) is 11.6 Å². The molecule has 4 rings (SSSR count). The minimum absolute atomic E-state index is 0.0298. The van der Waals surface area contributed by atoms with Crippen molar-refractivity contribution in [1.29, 1.82) is 0 Å². The van der Waals surface area contributed by atoms with Crippen molar-refractivity contribution in [3.05, 3.63) is 11.6 Å². The van der Waals surface area contributed by atoms with Crippen molar-refractivity contribution in [3.63, 3.8) is 0 Å². The largest absolute Gasteiger partial charge is 0.462 e. The first-order valence-corrected chi connectivity index (χ1v) is 21.5. The highest BCUT2D eigenvalue weighted by molar-refractivity contribution is 5.92. The molecule has 0 heterocycles. The van der Waals surface area contributed by atoms with Crippen LogP contribution in [0.1, 0.15) is 209 Å². The third kappa shape index (κ3) is 8.84. The summed E-state index contributed by atoms with van der Waals surface area (Å²) in [6, 6.07) is 0. The summed E-state index contributed by atoms with van der Waals surface area (Å²) in [6.07, 6.45) is 32.6. The number of ether oxygens (including phenoxy) is 1. The van der Waals surface area contributed by atoms with Gasteiger partial charge in [-0.2, -0.15) is 0 Å². The molecule has 3 fully saturated rings. The lowest BCUT2D eigenvalue weighted by Gasteiger charge is -2.61. The number of ketones is 1. The predicted octanol–water partition coefficient (Wildman–Crippen LogP) is 13.4. The minimum Gasteiger partial charge on any atom is -0.462 e. The third-order valence-electron chi connectivity index (χ3n) is 14.8. The molecule has 0 unspecified atom stereocenters. The van der Waals surface area contributed by atoms with E-state index in [0.29, 0.717) is 35.9 Å². The van der Waals surface area contributed by atoms with Crippen LogP contribution in [0.4, 0.5) is 0 Å². The fourth-order valence-electron chi connectivity index (χ4n) is 11.8. The number of rotatable bonds is 21. The number of unbranched alkanes of at least 4 members (excludes halogenated alkanes) is 12. The number of allylic oxidation sites excluding steroid dienone is 2. The van der Waals surface area contributed by atoms with Crippen LogP contribution in [-0.4, -0.2) is 17.9 Å². The molecule has 276 valence electrons. The highest BCUT2D eigenvalue weighted by atomic mass is 16.5. The van der Waals surface area contributed by atoms with Crippen LogP contribution in [0.25, 0.3) is 0 Å². The lowest BCUT2D eigenvalue weighted by molar-refractivity contribution is -0.156. The molecule has 4 aliphatic rings. The standard InChI is InChI=1S/C45H78O3/c1-8-10-11-12-13-14-15-16-17-18-19-20-21-25-42(47)48-37-28-30-43(6)36(32-37)26-27-39-38(43)29-31-44(7)40(33-41(46)45(39,44)9-2)35(5)24-22-23-34(3)4/h27,34-38,40H,8-26,28-33H2,1-7H3/t35-,36+,37+,38+,40-,43+,44-,45-/m1/s1. The van der Waals surface area contributed by atoms with Crippen LogP contribution in [0.3, 0.4) is 0 Å². The van der Waals surface area contributed by atoms with E-state index in [9.17, 15) is 9.59 Å². The Morgan fingerprint density at radius 2 is 1.46 bits per heavy atom. The van der Waals surface area contributed by atoms with Crippen LogP contribution in [0.5, 0.6) is 0 Å². The number of Topliss-reactive ketones (excluding diaryl/α,β-unsaturated/α-hetero) is 1. The van der Waals surface area contributed by atoms with Crippen LogP contribution in [0.2, 0.25) is 0 Å². The van der Waals surface area contributed by atoms with E-state index in [1.165, 1.54) is 108 Å². The average Bonchev–Trinajstić information content (AvgIpc) is 3.29. The van der Waals surface area contributed by atoms with Gasteiger partial charge in [-0.05, 0) is 91.8 Å². The summed E-state index contributed by atoms with van der Waals surface area (Å²) >= 11 is 0. The van der Waals surface area contributed by atoms with Gasteiger partial charge in [0.25, 0.3) is 0 Å². The van der Waals surface area contributed by atoms with Crippen molar-refractivity contribution in [2.75, 3.05) is 0 Å². The predicted molar refractivity (Wildman–Crippen MR) is 203 cm³/mol. The molecule has 0 spiro atoms. The molecule has 0 aliphatic heterocycles. The Kier molecular flexibility index (Phi) is 15.2. The number of hydrogen-bond donors (Lipinski definition) is 0. The molecule has 0 aromatic carbocycles. The van der Waals surface area contributed by atoms with E-state index in [-0.39, 0.29) is 28.3 Å². The maximum absolute atomic E-state index is 14.3. The third-order valence-corrected chi connectivity index (χ3v) is 14.8. The van der Waals surface area contributed by atoms with Gasteiger partial charge in [0.1, 0.15) is 11.9 Å². The molecule has 0 radical (unpaired) electrons. The van der Waals surface area contributed by atoms with Gasteiger partial charge in [-0.3, -0.25) is 9.59 Å². The molecule has 0 amide bonds. The maximum atomic E-state index is 14.3. The Balaban J connectivity index is 1.23. The van der Waals surface area contributed by atoms with E-state index >= 15 is 0 Å². The molecule has 4 aliphatic carbocycles. The molecule has 48 heavy (non-hydrogen) atoms. The second-order valence-corrected chi connectivity index (χ2v) is 18.3. The molecule has 3 saturated carbocycles. The summed E-state index contributed by atoms with van der Waals surface area (Å²) in [5.41, 5.74) is 1.57. The van der Waals surface area contributed by atoms with Crippen LogP contribution in [-0.2, 0) is 14.3 Å². The Bertz CT molecular complexity index is 1040. The van der Waals surface area contributed by atoms with Crippen molar-refractivity contribution in [2.24, 2.45) is 45.8 Å². The van der Waals surface area contributed by atoms with Gasteiger partial charge in [-0.25, -0.2) is 0 Å². The Morgan fingerprint density at radius 3 is 2.06 bits per heavy atom. The van der Waals surface area contributed by atoms with E-state index in [2.05, 4.69) is 54.5 Å². The highest BCUT2D eigenvalue weighted by Crippen LogP contribution is 2.72. The molecule has 0 bridgehead atoms. The van der Waals surface area contributed by atoms with Crippen molar-refractivity contribution in [2.45, 2.75) is 215 Å². The monoisotopic (exact) mass is 667 g/mol. The van der Waals surface area contributed by atoms with Crippen LogP contribution >= 0.6 is 0 Å². The lowest BCUT2D eigenvalue weighted by Crippen LogP contribution is -2.56. The fourth-order valence-corrected chi connectivity index (χ4v) is 11.8. The normalized spacial score (nSPS) is 33.6. The van der Waals surface area contributed by atoms with E-state index in [1.54, 1.807) is 0 Å². The quantitative estimate of drug-likeness (QED) is 0.0695. The van der Waals surface area contributed by atoms with Crippen molar-refractivity contribution >= 4 is 11.8 Å². The summed E-state index contributed by atoms with van der Waals surface area (Å²) in [4.78, 5) is 27.2. The first-order chi connectivity index (χ1) is 23.0. The number of carbonyl (C=O) groups excluding carboxylic acids is 2. The van der Waals surface area contributed by atoms with Gasteiger partial charge < -0.3 is 4.74 Å². The van der Waals surface area contributed by atoms with Gasteiger partial charge in [0, 0.05) is 12.8 Å². The molecule has 3 nitrogen and oxygen atoms in total. The molecule has 0 aromatic rings. The SMILES string of the molecule is CCCCCCCCCCCCCCCC(=O)O[C@H]1CC[C@@]2(C)[C@@H](CC=C3[C@@H]2CC[C@]2(C)[C@@H]([C@H](C)CCCC(C)C)CC(=O)[C@@]32CC)C1. The van der Waals surface area contributed by atoms with Gasteiger partial charge >= 0.3 is 5.97 Å². The molecule has 0 saturated heterocycles. The highest BCUT2D eigenvalue weighted by Gasteiger charge is 2.68. The number of carbonyl (C=O) groups is 2. The molecule has 3 heteroatoms. The topological polar surface area (TPSA) is 43.4 Å². The zero-order valence-corrected chi connectivity index (χ0v) is 32.9. The van der Waals surface area contributed by atoms with Crippen LogP contribution < -0.4 is 0 Å². The van der Waals surface area contributed by atoms with Gasteiger partial charge in [0.2, 0.25) is 0 Å². The van der Waals surface area contributed by atoms with E-state index in [1.807, 2.05) is 0 Å². The number of fused-ring (bicyclic) bond motifs is 5. The Morgan fingerprint density at radius 1 is 0.833 bits per heavy atom. The summed E-state index contributed by atoms with van der Waals surface area (Å²) in [6.45, 7) is 16.8. The first-order valence-electron chi connectivity index (χ1n) is 21.5. The van der Waals surface area contributed by atoms with Gasteiger partial charge in [0.05, 0.1) is 5.41 Å². The molecular weight excluding hydrogens is 588 g/mol. The second-order valence-electron chi connectivity index (χ2n) is 18.3. The second kappa shape index (κ2) is 18.4. The summed E-state index contributed by atoms with van der Waals surface area (Å²) in [5.74, 6) is 3.52. The van der Waals surface area contributed by atoms with E-state index in [0.717, 1.165) is 57.3 Å². The van der Waals surface area contributed by atoms with Crippen LogP contribution in [0, 0.1) is 45.8 Å². The first kappa shape index (κ1) is 39.7. The lowest BCUT2D eigenvalue weighted by atomic mass is 9.42. The number of esters is 1. The molecule has 0 aromatic heterocycles. The van der Waals surface area contributed by atoms with Crippen molar-refractivity contribution < 1.29 is 14.3 Å². The fraction of sp³-hybridized carbons (Fsp3) is 0.911. The summed E-state index contributed by atoms with van der Waals surface area (Å²) in [5, 5.41) is 0. The Hall–Kier alpha value is -1.12. The van der Waals surface area contributed by atoms with Gasteiger partial charge in [0.15, 0.2) is 0 Å². The Labute approximate surface area is 298 Å². The smallest absolute Gasteiger partial charge is 0.306 e. The van der Waals surface area contributed by atoms with E-state index in [4.69, 9.17) is 4.74 Å². The average molecular weight is 667 g/mol. The van der Waals surface area contributed by atoms with Crippen molar-refractivity contribution in [1.82, 2.24) is 0 Å². The summed E-state index contributed by atoms with van der Waals surface area (Å²) < 4.78 is 6.15.